The van der Waals surface area contributed by atoms with E-state index in [0.29, 0.717) is 23.9 Å². The molecule has 0 spiro atoms. The van der Waals surface area contributed by atoms with E-state index in [-0.39, 0.29) is 5.56 Å². The minimum Gasteiger partial charge on any atom is -0.496 e. The average Bonchev–Trinajstić information content (AvgIpc) is 2.59. The summed E-state index contributed by atoms with van der Waals surface area (Å²) in [4.78, 5) is 12.0. The lowest BCUT2D eigenvalue weighted by molar-refractivity contribution is 0.0591. The standard InChI is InChI=1S/C17H18O5/c1-19-13-9-14(20-2)16(17(18)21-3)15(10-13)22-11-12-7-5-4-6-8-12/h4-10H,11H2,1-3H3. The number of carbonyl (C=O) groups is 1. The van der Waals surface area contributed by atoms with Gasteiger partial charge in [0.05, 0.1) is 21.3 Å². The highest BCUT2D eigenvalue weighted by Gasteiger charge is 2.21. The average molecular weight is 302 g/mol. The predicted octanol–water partition coefficient (Wildman–Crippen LogP) is 3.07. The summed E-state index contributed by atoms with van der Waals surface area (Å²) in [5.41, 5.74) is 1.22. The molecule has 116 valence electrons. The molecule has 0 saturated carbocycles. The van der Waals surface area contributed by atoms with Gasteiger partial charge in [0.15, 0.2) is 0 Å². The Kier molecular flexibility index (Phi) is 5.25. The SMILES string of the molecule is COC(=O)c1c(OC)cc(OC)cc1OCc1ccccc1. The molecule has 0 radical (unpaired) electrons. The van der Waals surface area contributed by atoms with Crippen LogP contribution in [0.1, 0.15) is 15.9 Å². The Morgan fingerprint density at radius 1 is 0.955 bits per heavy atom. The van der Waals surface area contributed by atoms with E-state index in [1.165, 1.54) is 21.3 Å². The maximum Gasteiger partial charge on any atom is 0.345 e. The number of carbonyl (C=O) groups excluding carboxylic acids is 1. The van der Waals surface area contributed by atoms with Crippen LogP contribution < -0.4 is 14.2 Å². The number of ether oxygens (including phenoxy) is 4. The molecule has 0 N–H and O–H groups in total. The molecule has 0 heterocycles. The van der Waals surface area contributed by atoms with Crippen molar-refractivity contribution in [3.63, 3.8) is 0 Å². The van der Waals surface area contributed by atoms with E-state index in [1.54, 1.807) is 12.1 Å². The fraction of sp³-hybridized carbons (Fsp3) is 0.235. The van der Waals surface area contributed by atoms with Gasteiger partial charge in [-0.3, -0.25) is 0 Å². The van der Waals surface area contributed by atoms with Gasteiger partial charge in [-0.2, -0.15) is 0 Å². The molecule has 0 bridgehead atoms. The van der Waals surface area contributed by atoms with E-state index in [0.717, 1.165) is 5.56 Å². The van der Waals surface area contributed by atoms with Gasteiger partial charge in [-0.15, -0.1) is 0 Å². The van der Waals surface area contributed by atoms with Crippen LogP contribution in [0.4, 0.5) is 0 Å². The second-order valence-corrected chi connectivity index (χ2v) is 4.47. The third-order valence-electron chi connectivity index (χ3n) is 3.12. The lowest BCUT2D eigenvalue weighted by Gasteiger charge is -2.15. The first-order valence-corrected chi connectivity index (χ1v) is 6.70. The van der Waals surface area contributed by atoms with Crippen molar-refractivity contribution in [2.45, 2.75) is 6.61 Å². The van der Waals surface area contributed by atoms with Gasteiger partial charge in [-0.25, -0.2) is 4.79 Å². The van der Waals surface area contributed by atoms with Crippen LogP contribution in [0.3, 0.4) is 0 Å². The molecule has 0 atom stereocenters. The summed E-state index contributed by atoms with van der Waals surface area (Å²) in [5.74, 6) is 0.705. The molecule has 2 aromatic carbocycles. The zero-order valence-electron chi connectivity index (χ0n) is 12.8. The highest BCUT2D eigenvalue weighted by atomic mass is 16.5. The molecule has 2 rings (SSSR count). The zero-order valence-corrected chi connectivity index (χ0v) is 12.8. The topological polar surface area (TPSA) is 54.0 Å². The monoisotopic (exact) mass is 302 g/mol. The summed E-state index contributed by atoms with van der Waals surface area (Å²) in [6.45, 7) is 0.321. The zero-order chi connectivity index (χ0) is 15.9. The molecule has 0 aliphatic rings. The van der Waals surface area contributed by atoms with Gasteiger partial charge >= 0.3 is 5.97 Å². The minimum absolute atomic E-state index is 0.238. The first kappa shape index (κ1) is 15.7. The van der Waals surface area contributed by atoms with Crippen molar-refractivity contribution in [2.24, 2.45) is 0 Å². The summed E-state index contributed by atoms with van der Waals surface area (Å²) >= 11 is 0. The number of rotatable bonds is 6. The van der Waals surface area contributed by atoms with Gasteiger partial charge in [-0.1, -0.05) is 30.3 Å². The molecule has 0 amide bonds. The van der Waals surface area contributed by atoms with Gasteiger partial charge in [0.25, 0.3) is 0 Å². The van der Waals surface area contributed by atoms with E-state index in [1.807, 2.05) is 30.3 Å². The molecule has 0 aliphatic heterocycles. The number of benzene rings is 2. The Labute approximate surface area is 129 Å². The van der Waals surface area contributed by atoms with Gasteiger partial charge in [0.2, 0.25) is 0 Å². The second-order valence-electron chi connectivity index (χ2n) is 4.47. The Morgan fingerprint density at radius 3 is 2.23 bits per heavy atom. The van der Waals surface area contributed by atoms with E-state index >= 15 is 0 Å². The molecule has 5 heteroatoms. The van der Waals surface area contributed by atoms with E-state index < -0.39 is 5.97 Å². The number of methoxy groups -OCH3 is 3. The maximum absolute atomic E-state index is 12.0. The number of hydrogen-bond donors (Lipinski definition) is 0. The Morgan fingerprint density at radius 2 is 1.64 bits per heavy atom. The lowest BCUT2D eigenvalue weighted by atomic mass is 10.1. The summed E-state index contributed by atoms with van der Waals surface area (Å²) in [5, 5.41) is 0. The second kappa shape index (κ2) is 7.36. The van der Waals surface area contributed by atoms with Gasteiger partial charge in [-0.05, 0) is 5.56 Å². The molecule has 0 saturated heterocycles. The van der Waals surface area contributed by atoms with Crippen molar-refractivity contribution < 1.29 is 23.7 Å². The largest absolute Gasteiger partial charge is 0.496 e. The molecule has 0 aliphatic carbocycles. The van der Waals surface area contributed by atoms with Crippen LogP contribution in [-0.2, 0) is 11.3 Å². The van der Waals surface area contributed by atoms with E-state index in [9.17, 15) is 4.79 Å². The Hall–Kier alpha value is -2.69. The van der Waals surface area contributed by atoms with Crippen molar-refractivity contribution in [2.75, 3.05) is 21.3 Å². The van der Waals surface area contributed by atoms with Crippen LogP contribution in [0.15, 0.2) is 42.5 Å². The van der Waals surface area contributed by atoms with Crippen LogP contribution in [-0.4, -0.2) is 27.3 Å². The van der Waals surface area contributed by atoms with E-state index in [4.69, 9.17) is 18.9 Å². The molecule has 2 aromatic rings. The van der Waals surface area contributed by atoms with Gasteiger partial charge in [0, 0.05) is 12.1 Å². The lowest BCUT2D eigenvalue weighted by Crippen LogP contribution is -2.08. The predicted molar refractivity (Wildman–Crippen MR) is 81.7 cm³/mol. The molecule has 5 nitrogen and oxygen atoms in total. The first-order chi connectivity index (χ1) is 10.7. The van der Waals surface area contributed by atoms with Crippen molar-refractivity contribution in [3.05, 3.63) is 53.6 Å². The van der Waals surface area contributed by atoms with Crippen LogP contribution in [0, 0.1) is 0 Å². The summed E-state index contributed by atoms with van der Waals surface area (Å²) in [7, 11) is 4.32. The maximum atomic E-state index is 12.0. The molecular formula is C17H18O5. The fourth-order valence-corrected chi connectivity index (χ4v) is 2.00. The van der Waals surface area contributed by atoms with Crippen molar-refractivity contribution in [3.8, 4) is 17.2 Å². The minimum atomic E-state index is -0.525. The third-order valence-corrected chi connectivity index (χ3v) is 3.12. The molecule has 0 fully saturated rings. The summed E-state index contributed by atoms with van der Waals surface area (Å²) in [6, 6.07) is 12.9. The molecule has 0 aromatic heterocycles. The number of esters is 1. The third kappa shape index (κ3) is 3.49. The Balaban J connectivity index is 2.36. The fourth-order valence-electron chi connectivity index (χ4n) is 2.00. The summed E-state index contributed by atoms with van der Waals surface area (Å²) in [6.07, 6.45) is 0. The van der Waals surface area contributed by atoms with Crippen molar-refractivity contribution in [1.82, 2.24) is 0 Å². The molecular weight excluding hydrogens is 284 g/mol. The Bertz CT molecular complexity index is 637. The highest BCUT2D eigenvalue weighted by molar-refractivity contribution is 5.96. The van der Waals surface area contributed by atoms with Crippen molar-refractivity contribution >= 4 is 5.97 Å². The van der Waals surface area contributed by atoms with Crippen LogP contribution in [0.5, 0.6) is 17.2 Å². The van der Waals surface area contributed by atoms with Crippen molar-refractivity contribution in [1.29, 1.82) is 0 Å². The van der Waals surface area contributed by atoms with Gasteiger partial charge < -0.3 is 18.9 Å². The van der Waals surface area contributed by atoms with E-state index in [2.05, 4.69) is 0 Å². The number of hydrogen-bond acceptors (Lipinski definition) is 5. The molecule has 0 unspecified atom stereocenters. The quantitative estimate of drug-likeness (QED) is 0.768. The first-order valence-electron chi connectivity index (χ1n) is 6.70. The summed E-state index contributed by atoms with van der Waals surface area (Å²) < 4.78 is 21.0. The normalized spacial score (nSPS) is 9.95. The smallest absolute Gasteiger partial charge is 0.345 e. The molecule has 22 heavy (non-hydrogen) atoms. The van der Waals surface area contributed by atoms with Crippen LogP contribution in [0.2, 0.25) is 0 Å². The van der Waals surface area contributed by atoms with Crippen LogP contribution >= 0.6 is 0 Å². The van der Waals surface area contributed by atoms with Crippen LogP contribution in [0.25, 0.3) is 0 Å². The highest BCUT2D eigenvalue weighted by Crippen LogP contribution is 2.35. The van der Waals surface area contributed by atoms with Gasteiger partial charge in [0.1, 0.15) is 29.4 Å².